The van der Waals surface area contributed by atoms with E-state index in [1.807, 2.05) is 0 Å². The van der Waals surface area contributed by atoms with E-state index in [0.29, 0.717) is 0 Å². The monoisotopic (exact) mass is 251 g/mol. The number of nitrogens with one attached hydrogen (secondary N) is 1. The molecule has 0 bridgehead atoms. The molecule has 16 heavy (non-hydrogen) atoms. The number of rotatable bonds is 7. The van der Waals surface area contributed by atoms with Gasteiger partial charge in [-0.25, -0.2) is 0 Å². The van der Waals surface area contributed by atoms with Crippen LogP contribution in [0.15, 0.2) is 0 Å². The molecule has 0 saturated heterocycles. The Balaban J connectivity index is 3.97. The smallest absolute Gasteiger partial charge is 0.383 e. The molecule has 0 aromatic heterocycles. The molecule has 8 heteroatoms. The van der Waals surface area contributed by atoms with Crippen molar-refractivity contribution in [1.82, 2.24) is 5.32 Å². The van der Waals surface area contributed by atoms with Gasteiger partial charge in [-0.05, 0) is 7.05 Å². The van der Waals surface area contributed by atoms with Crippen molar-refractivity contribution >= 4 is 0 Å². The predicted octanol–water partition coefficient (Wildman–Crippen LogP) is 1.44. The Bertz CT molecular complexity index is 197. The second kappa shape index (κ2) is 6.31. The van der Waals surface area contributed by atoms with Gasteiger partial charge >= 0.3 is 12.1 Å². The molecular weight excluding hydrogens is 237 g/mol. The van der Waals surface area contributed by atoms with Gasteiger partial charge in [-0.15, -0.1) is 0 Å². The van der Waals surface area contributed by atoms with Gasteiger partial charge in [0.1, 0.15) is 6.61 Å². The molecule has 1 N–H and O–H groups in total. The highest BCUT2D eigenvalue weighted by Crippen LogP contribution is 2.35. The summed E-state index contributed by atoms with van der Waals surface area (Å²) < 4.78 is 68.9. The molecule has 0 rings (SSSR count). The zero-order valence-electron chi connectivity index (χ0n) is 8.90. The molecule has 0 fully saturated rings. The first-order chi connectivity index (χ1) is 7.24. The lowest BCUT2D eigenvalue weighted by molar-refractivity contribution is -0.297. The van der Waals surface area contributed by atoms with Crippen LogP contribution in [0.4, 0.5) is 22.0 Å². The number of hydrogen-bond acceptors (Lipinski definition) is 3. The van der Waals surface area contributed by atoms with E-state index in [1.54, 1.807) is 0 Å². The van der Waals surface area contributed by atoms with Crippen molar-refractivity contribution in [2.75, 3.05) is 34.0 Å². The Morgan fingerprint density at radius 2 is 1.69 bits per heavy atom. The molecule has 0 aliphatic rings. The summed E-state index contributed by atoms with van der Waals surface area (Å²) >= 11 is 0. The number of methoxy groups -OCH3 is 1. The summed E-state index contributed by atoms with van der Waals surface area (Å²) in [6, 6.07) is -0.422. The molecule has 0 heterocycles. The topological polar surface area (TPSA) is 30.5 Å². The molecule has 0 saturated carbocycles. The maximum absolute atomic E-state index is 12.4. The van der Waals surface area contributed by atoms with Gasteiger partial charge in [0.15, 0.2) is 0 Å². The van der Waals surface area contributed by atoms with Gasteiger partial charge in [0, 0.05) is 7.11 Å². The van der Waals surface area contributed by atoms with Gasteiger partial charge in [0.2, 0.25) is 0 Å². The van der Waals surface area contributed by atoms with Crippen LogP contribution in [0.25, 0.3) is 0 Å². The van der Waals surface area contributed by atoms with Gasteiger partial charge in [-0.3, -0.25) is 0 Å². The van der Waals surface area contributed by atoms with Crippen LogP contribution in [0.5, 0.6) is 0 Å². The minimum absolute atomic E-state index is 0.161. The molecule has 0 aromatic carbocycles. The van der Waals surface area contributed by atoms with Crippen LogP contribution in [-0.2, 0) is 9.47 Å². The third-order valence-electron chi connectivity index (χ3n) is 1.79. The van der Waals surface area contributed by atoms with Crippen molar-refractivity contribution in [2.45, 2.75) is 18.1 Å². The zero-order valence-corrected chi connectivity index (χ0v) is 8.90. The highest BCUT2D eigenvalue weighted by Gasteiger charge is 2.57. The van der Waals surface area contributed by atoms with Crippen LogP contribution in [0, 0.1) is 0 Å². The molecule has 3 nitrogen and oxygen atoms in total. The Morgan fingerprint density at radius 1 is 1.12 bits per heavy atom. The van der Waals surface area contributed by atoms with Gasteiger partial charge in [0.25, 0.3) is 0 Å². The van der Waals surface area contributed by atoms with E-state index in [-0.39, 0.29) is 13.2 Å². The number of alkyl halides is 5. The first-order valence-electron chi connectivity index (χ1n) is 4.43. The Labute approximate surface area is 89.9 Å². The third kappa shape index (κ3) is 5.04. The minimum atomic E-state index is -5.58. The van der Waals surface area contributed by atoms with Crippen LogP contribution in [-0.4, -0.2) is 52.1 Å². The lowest BCUT2D eigenvalue weighted by Gasteiger charge is -2.21. The van der Waals surface area contributed by atoms with Gasteiger partial charge in [0.05, 0.1) is 19.3 Å². The quantitative estimate of drug-likeness (QED) is 0.694. The Morgan fingerprint density at radius 3 is 2.06 bits per heavy atom. The lowest BCUT2D eigenvalue weighted by Crippen LogP contribution is -2.43. The first-order valence-corrected chi connectivity index (χ1v) is 4.43. The van der Waals surface area contributed by atoms with Crippen molar-refractivity contribution in [3.63, 3.8) is 0 Å². The normalized spacial score (nSPS) is 15.2. The maximum Gasteiger partial charge on any atom is 0.455 e. The van der Waals surface area contributed by atoms with E-state index in [2.05, 4.69) is 10.1 Å². The molecule has 0 aliphatic carbocycles. The van der Waals surface area contributed by atoms with Crippen molar-refractivity contribution in [3.8, 4) is 0 Å². The van der Waals surface area contributed by atoms with E-state index < -0.39 is 24.7 Å². The minimum Gasteiger partial charge on any atom is -0.383 e. The summed E-state index contributed by atoms with van der Waals surface area (Å²) in [5.41, 5.74) is 0. The summed E-state index contributed by atoms with van der Waals surface area (Å²) in [6.07, 6.45) is -5.58. The van der Waals surface area contributed by atoms with E-state index in [0.717, 1.165) is 0 Å². The van der Waals surface area contributed by atoms with E-state index >= 15 is 0 Å². The Kier molecular flexibility index (Phi) is 6.13. The maximum atomic E-state index is 12.4. The average molecular weight is 251 g/mol. The lowest BCUT2D eigenvalue weighted by atomic mass is 10.3. The van der Waals surface area contributed by atoms with E-state index in [4.69, 9.17) is 4.74 Å². The molecule has 0 amide bonds. The van der Waals surface area contributed by atoms with E-state index in [1.165, 1.54) is 14.2 Å². The number of ether oxygens (including phenoxy) is 2. The fourth-order valence-electron chi connectivity index (χ4n) is 0.827. The molecule has 1 unspecified atom stereocenters. The summed E-state index contributed by atoms with van der Waals surface area (Å²) in [5, 5.41) is 2.65. The highest BCUT2D eigenvalue weighted by atomic mass is 19.4. The largest absolute Gasteiger partial charge is 0.455 e. The van der Waals surface area contributed by atoms with Crippen molar-refractivity contribution in [2.24, 2.45) is 0 Å². The zero-order chi connectivity index (χ0) is 12.8. The summed E-state index contributed by atoms with van der Waals surface area (Å²) in [4.78, 5) is 0. The first kappa shape index (κ1) is 15.5. The van der Waals surface area contributed by atoms with Crippen LogP contribution >= 0.6 is 0 Å². The molecule has 0 aliphatic heterocycles. The van der Waals surface area contributed by atoms with Crippen molar-refractivity contribution in [3.05, 3.63) is 0 Å². The number of hydrogen-bond donors (Lipinski definition) is 1. The summed E-state index contributed by atoms with van der Waals surface area (Å²) in [6.45, 7) is -1.80. The standard InChI is InChI=1S/C8H14F5NO2/c1-14-6(3-15-2)4-16-5-7(9,10)8(11,12)13/h6,14H,3-5H2,1-2H3. The SMILES string of the molecule is CNC(COC)COCC(F)(F)C(F)(F)F. The number of halogens is 5. The Hall–Kier alpha value is -0.470. The van der Waals surface area contributed by atoms with Crippen LogP contribution in [0.3, 0.4) is 0 Å². The fraction of sp³-hybridized carbons (Fsp3) is 1.00. The van der Waals surface area contributed by atoms with Crippen molar-refractivity contribution < 1.29 is 31.4 Å². The van der Waals surface area contributed by atoms with Crippen LogP contribution in [0.1, 0.15) is 0 Å². The molecular formula is C8H14F5NO2. The van der Waals surface area contributed by atoms with Crippen LogP contribution in [0.2, 0.25) is 0 Å². The molecule has 98 valence electrons. The van der Waals surface area contributed by atoms with Gasteiger partial charge < -0.3 is 14.8 Å². The second-order valence-corrected chi connectivity index (χ2v) is 3.16. The molecule has 1 atom stereocenters. The van der Waals surface area contributed by atoms with Crippen molar-refractivity contribution in [1.29, 1.82) is 0 Å². The molecule has 0 radical (unpaired) electrons. The summed E-state index contributed by atoms with van der Waals surface area (Å²) in [5.74, 6) is -4.82. The van der Waals surface area contributed by atoms with Crippen LogP contribution < -0.4 is 5.32 Å². The van der Waals surface area contributed by atoms with Gasteiger partial charge in [-0.2, -0.15) is 22.0 Å². The average Bonchev–Trinajstić information content (AvgIpc) is 2.14. The molecule has 0 spiro atoms. The third-order valence-corrected chi connectivity index (χ3v) is 1.79. The predicted molar refractivity (Wildman–Crippen MR) is 46.5 cm³/mol. The second-order valence-electron chi connectivity index (χ2n) is 3.16. The fourth-order valence-corrected chi connectivity index (χ4v) is 0.827. The number of likely N-dealkylation sites (N-methyl/N-ethyl adjacent to an activating group) is 1. The van der Waals surface area contributed by atoms with Gasteiger partial charge in [-0.1, -0.05) is 0 Å². The molecule has 0 aromatic rings. The van der Waals surface area contributed by atoms with E-state index in [9.17, 15) is 22.0 Å². The highest BCUT2D eigenvalue weighted by molar-refractivity contribution is 4.75. The summed E-state index contributed by atoms with van der Waals surface area (Å²) in [7, 11) is 2.91.